The van der Waals surface area contributed by atoms with Gasteiger partial charge >= 0.3 is 5.69 Å². The van der Waals surface area contributed by atoms with Crippen LogP contribution in [0.15, 0.2) is 70.4 Å². The van der Waals surface area contributed by atoms with Gasteiger partial charge in [-0.15, -0.1) is 0 Å². The molecule has 176 valence electrons. The highest BCUT2D eigenvalue weighted by atomic mass is 16.5. The molecule has 2 aromatic carbocycles. The number of hydrogen-bond acceptors (Lipinski definition) is 5. The maximum Gasteiger partial charge on any atom is 0.333 e. The van der Waals surface area contributed by atoms with Crippen LogP contribution < -0.4 is 16.1 Å². The van der Waals surface area contributed by atoms with E-state index in [0.29, 0.717) is 38.5 Å². The van der Waals surface area contributed by atoms with Crippen molar-refractivity contribution in [3.05, 3.63) is 81.6 Å². The van der Waals surface area contributed by atoms with Gasteiger partial charge in [0.2, 0.25) is 0 Å². The number of hydrogen-bond donors (Lipinski definition) is 1. The van der Waals surface area contributed by atoms with Crippen molar-refractivity contribution < 1.29 is 9.84 Å². The third kappa shape index (κ3) is 3.85. The molecule has 4 aromatic rings. The molecule has 1 N–H and O–H groups in total. The Morgan fingerprint density at radius 3 is 2.47 bits per heavy atom. The van der Waals surface area contributed by atoms with E-state index >= 15 is 0 Å². The third-order valence-electron chi connectivity index (χ3n) is 6.37. The first kappa shape index (κ1) is 22.2. The van der Waals surface area contributed by atoms with Gasteiger partial charge in [0.25, 0.3) is 5.56 Å². The summed E-state index contributed by atoms with van der Waals surface area (Å²) in [6.07, 6.45) is 1.79. The van der Waals surface area contributed by atoms with Crippen molar-refractivity contribution in [2.45, 2.75) is 20.0 Å². The lowest BCUT2D eigenvalue weighted by Gasteiger charge is -2.30. The number of fused-ring (bicyclic) bond motifs is 1. The molecule has 8 nitrogen and oxygen atoms in total. The number of ether oxygens (including phenoxy) is 1. The monoisotopic (exact) mass is 460 g/mol. The first-order chi connectivity index (χ1) is 16.6. The van der Waals surface area contributed by atoms with Crippen molar-refractivity contribution in [1.82, 2.24) is 13.7 Å². The van der Waals surface area contributed by atoms with Gasteiger partial charge in [-0.2, -0.15) is 0 Å². The fourth-order valence-corrected chi connectivity index (χ4v) is 4.71. The molecule has 1 saturated heterocycles. The Balaban J connectivity index is 1.76. The Hall–Kier alpha value is -3.62. The van der Waals surface area contributed by atoms with Crippen molar-refractivity contribution in [3.63, 3.8) is 0 Å². The predicted octanol–water partition coefficient (Wildman–Crippen LogP) is 2.47. The molecule has 0 atom stereocenters. The summed E-state index contributed by atoms with van der Waals surface area (Å²) in [5, 5.41) is 10.4. The first-order valence-corrected chi connectivity index (χ1v) is 11.6. The van der Waals surface area contributed by atoms with E-state index in [2.05, 4.69) is 4.90 Å². The van der Waals surface area contributed by atoms with Crippen LogP contribution in [0.25, 0.3) is 27.8 Å². The highest BCUT2D eigenvalue weighted by molar-refractivity contribution is 5.93. The molecule has 0 amide bonds. The number of pyridine rings is 1. The number of imidazole rings is 1. The number of morpholine rings is 1. The molecule has 3 heterocycles. The number of aliphatic hydroxyl groups is 1. The van der Waals surface area contributed by atoms with Gasteiger partial charge in [-0.05, 0) is 25.1 Å². The summed E-state index contributed by atoms with van der Waals surface area (Å²) in [4.78, 5) is 28.4. The molecular weight excluding hydrogens is 432 g/mol. The molecule has 5 rings (SSSR count). The lowest BCUT2D eigenvalue weighted by molar-refractivity contribution is 0.123. The van der Waals surface area contributed by atoms with Gasteiger partial charge in [0.15, 0.2) is 0 Å². The Labute approximate surface area is 196 Å². The Morgan fingerprint density at radius 2 is 1.76 bits per heavy atom. The molecule has 0 bridgehead atoms. The number of aliphatic hydroxyl groups excluding tert-OH is 1. The lowest BCUT2D eigenvalue weighted by atomic mass is 10.1. The average Bonchev–Trinajstić information content (AvgIpc) is 3.20. The molecule has 2 aromatic heterocycles. The maximum absolute atomic E-state index is 13.4. The SMILES string of the molecule is CCn1c(=O)cc(N2CCOCC2)c2cc(-n3c(-c4ccccc4)cn(CCO)c3=O)ccc21. The summed E-state index contributed by atoms with van der Waals surface area (Å²) in [6.45, 7) is 5.23. The summed E-state index contributed by atoms with van der Waals surface area (Å²) in [5.74, 6) is 0. The minimum Gasteiger partial charge on any atom is -0.395 e. The van der Waals surface area contributed by atoms with Crippen molar-refractivity contribution in [2.75, 3.05) is 37.8 Å². The lowest BCUT2D eigenvalue weighted by Crippen LogP contribution is -2.37. The molecule has 0 saturated carbocycles. The van der Waals surface area contributed by atoms with Crippen LogP contribution in [0.2, 0.25) is 0 Å². The van der Waals surface area contributed by atoms with E-state index in [4.69, 9.17) is 4.74 Å². The van der Waals surface area contributed by atoms with Gasteiger partial charge in [0.1, 0.15) is 0 Å². The largest absolute Gasteiger partial charge is 0.395 e. The average molecular weight is 461 g/mol. The van der Waals surface area contributed by atoms with Gasteiger partial charge in [-0.25, -0.2) is 4.79 Å². The normalized spacial score (nSPS) is 14.1. The van der Waals surface area contributed by atoms with Crippen molar-refractivity contribution >= 4 is 16.6 Å². The predicted molar refractivity (Wildman–Crippen MR) is 133 cm³/mol. The van der Waals surface area contributed by atoms with Crippen molar-refractivity contribution in [2.24, 2.45) is 0 Å². The molecule has 0 aliphatic carbocycles. The molecule has 0 spiro atoms. The topological polar surface area (TPSA) is 81.6 Å². The number of rotatable bonds is 6. The zero-order chi connectivity index (χ0) is 23.7. The van der Waals surface area contributed by atoms with Gasteiger partial charge in [-0.1, -0.05) is 30.3 Å². The van der Waals surface area contributed by atoms with Crippen molar-refractivity contribution in [1.29, 1.82) is 0 Å². The van der Waals surface area contributed by atoms with Crippen LogP contribution in [0.5, 0.6) is 0 Å². The Morgan fingerprint density at radius 1 is 1.00 bits per heavy atom. The smallest absolute Gasteiger partial charge is 0.333 e. The number of aryl methyl sites for hydroxylation is 1. The van der Waals surface area contributed by atoms with E-state index in [1.54, 1.807) is 21.4 Å². The second-order valence-corrected chi connectivity index (χ2v) is 8.33. The van der Waals surface area contributed by atoms with E-state index in [0.717, 1.165) is 27.8 Å². The van der Waals surface area contributed by atoms with E-state index in [-0.39, 0.29) is 24.4 Å². The van der Waals surface area contributed by atoms with Crippen LogP contribution in [-0.4, -0.2) is 51.7 Å². The minimum atomic E-state index is -0.219. The quantitative estimate of drug-likeness (QED) is 0.478. The molecule has 0 radical (unpaired) electrons. The van der Waals surface area contributed by atoms with Crippen LogP contribution in [-0.2, 0) is 17.8 Å². The summed E-state index contributed by atoms with van der Waals surface area (Å²) in [5.41, 5.74) is 3.80. The van der Waals surface area contributed by atoms with Crippen molar-refractivity contribution in [3.8, 4) is 16.9 Å². The first-order valence-electron chi connectivity index (χ1n) is 11.6. The van der Waals surface area contributed by atoms with E-state index < -0.39 is 0 Å². The summed E-state index contributed by atoms with van der Waals surface area (Å²) in [7, 11) is 0. The van der Waals surface area contributed by atoms with E-state index in [1.807, 2.05) is 55.5 Å². The van der Waals surface area contributed by atoms with Crippen LogP contribution in [0.4, 0.5) is 5.69 Å². The molecule has 1 fully saturated rings. The Kier molecular flexibility index (Phi) is 6.08. The Bertz CT molecular complexity index is 1430. The number of nitrogens with zero attached hydrogens (tertiary/aromatic N) is 4. The highest BCUT2D eigenvalue weighted by Crippen LogP contribution is 2.30. The minimum absolute atomic E-state index is 0.0412. The van der Waals surface area contributed by atoms with E-state index in [1.165, 1.54) is 4.57 Å². The van der Waals surface area contributed by atoms with Crippen LogP contribution >= 0.6 is 0 Å². The third-order valence-corrected chi connectivity index (χ3v) is 6.37. The summed E-state index contributed by atoms with van der Waals surface area (Å²) < 4.78 is 10.5. The second kappa shape index (κ2) is 9.32. The van der Waals surface area contributed by atoms with Crippen LogP contribution in [0, 0.1) is 0 Å². The molecule has 1 aliphatic heterocycles. The summed E-state index contributed by atoms with van der Waals surface area (Å²) in [6, 6.07) is 17.2. The highest BCUT2D eigenvalue weighted by Gasteiger charge is 2.20. The number of benzene rings is 2. The molecule has 8 heteroatoms. The zero-order valence-corrected chi connectivity index (χ0v) is 19.2. The molecule has 34 heavy (non-hydrogen) atoms. The van der Waals surface area contributed by atoms with Gasteiger partial charge < -0.3 is 19.3 Å². The fourth-order valence-electron chi connectivity index (χ4n) is 4.71. The number of aromatic nitrogens is 3. The van der Waals surface area contributed by atoms with Gasteiger partial charge in [-0.3, -0.25) is 13.9 Å². The molecule has 1 aliphatic rings. The van der Waals surface area contributed by atoms with Gasteiger partial charge in [0.05, 0.1) is 49.0 Å². The summed E-state index contributed by atoms with van der Waals surface area (Å²) >= 11 is 0. The molecule has 0 unspecified atom stereocenters. The van der Waals surface area contributed by atoms with Gasteiger partial charge in [0, 0.05) is 42.8 Å². The van der Waals surface area contributed by atoms with Crippen LogP contribution in [0.3, 0.4) is 0 Å². The maximum atomic E-state index is 13.4. The van der Waals surface area contributed by atoms with Crippen LogP contribution in [0.1, 0.15) is 6.92 Å². The van der Waals surface area contributed by atoms with E-state index in [9.17, 15) is 14.7 Å². The second-order valence-electron chi connectivity index (χ2n) is 8.33. The zero-order valence-electron chi connectivity index (χ0n) is 19.2. The molecular formula is C26H28N4O4. The standard InChI is InChI=1S/C26H28N4O4/c1-2-29-22-9-8-20(16-21(22)23(17-25(29)32)27-11-14-34-15-12-27)30-24(19-6-4-3-5-7-19)18-28(10-13-31)26(30)33/h3-9,16-18,31H,2,10-15H2,1H3. The number of anilines is 1. The fraction of sp³-hybridized carbons (Fsp3) is 0.308.